The summed E-state index contributed by atoms with van der Waals surface area (Å²) in [5.74, 6) is -2.37. The van der Waals surface area contributed by atoms with E-state index in [1.54, 1.807) is 19.1 Å². The number of benzene rings is 2. The second-order valence-corrected chi connectivity index (χ2v) is 5.68. The zero-order valence-electron chi connectivity index (χ0n) is 12.1. The number of hydrogen-bond donors (Lipinski definition) is 2. The molecule has 2 aromatic rings. The lowest BCUT2D eigenvalue weighted by Gasteiger charge is -2.08. The number of ether oxygens (including phenoxy) is 1. The Kier molecular flexibility index (Phi) is 5.33. The monoisotopic (exact) mass is 381 g/mol. The summed E-state index contributed by atoms with van der Waals surface area (Å²) in [6.45, 7) is 1.16. The second kappa shape index (κ2) is 7.23. The van der Waals surface area contributed by atoms with Crippen LogP contribution in [0.1, 0.15) is 15.9 Å². The molecular weight excluding hydrogens is 369 g/mol. The Morgan fingerprint density at radius 3 is 2.65 bits per heavy atom. The van der Waals surface area contributed by atoms with Gasteiger partial charge in [0.1, 0.15) is 17.1 Å². The number of halogens is 2. The van der Waals surface area contributed by atoms with Crippen molar-refractivity contribution in [2.75, 3.05) is 11.9 Å². The van der Waals surface area contributed by atoms with Gasteiger partial charge in [-0.05, 0) is 42.8 Å². The first-order valence-electron chi connectivity index (χ1n) is 6.58. The van der Waals surface area contributed by atoms with E-state index in [0.717, 1.165) is 5.56 Å². The van der Waals surface area contributed by atoms with Crippen LogP contribution in [0.5, 0.6) is 5.75 Å². The number of carbonyl (C=O) groups is 2. The third-order valence-corrected chi connectivity index (χ3v) is 3.41. The van der Waals surface area contributed by atoms with Crippen LogP contribution >= 0.6 is 15.9 Å². The molecular formula is C16H13BrFNO4. The normalized spacial score (nSPS) is 10.2. The first-order chi connectivity index (χ1) is 10.9. The Morgan fingerprint density at radius 1 is 1.26 bits per heavy atom. The van der Waals surface area contributed by atoms with Crippen LogP contribution in [0.3, 0.4) is 0 Å². The molecule has 0 fully saturated rings. The fraction of sp³-hybridized carbons (Fsp3) is 0.125. The summed E-state index contributed by atoms with van der Waals surface area (Å²) in [7, 11) is 0. The molecule has 2 rings (SSSR count). The van der Waals surface area contributed by atoms with E-state index >= 15 is 0 Å². The molecule has 0 aliphatic rings. The van der Waals surface area contributed by atoms with Crippen LogP contribution in [0.15, 0.2) is 40.9 Å². The van der Waals surface area contributed by atoms with Crippen molar-refractivity contribution >= 4 is 33.5 Å². The molecule has 0 bridgehead atoms. The van der Waals surface area contributed by atoms with Gasteiger partial charge in [0, 0.05) is 4.47 Å². The van der Waals surface area contributed by atoms with E-state index in [-0.39, 0.29) is 17.0 Å². The van der Waals surface area contributed by atoms with E-state index in [4.69, 9.17) is 4.74 Å². The first kappa shape index (κ1) is 17.0. The van der Waals surface area contributed by atoms with E-state index in [9.17, 15) is 19.1 Å². The number of aromatic hydroxyl groups is 1. The van der Waals surface area contributed by atoms with Gasteiger partial charge in [0.25, 0.3) is 5.91 Å². The third kappa shape index (κ3) is 4.53. The van der Waals surface area contributed by atoms with E-state index in [1.165, 1.54) is 24.3 Å². The van der Waals surface area contributed by atoms with Crippen molar-refractivity contribution in [2.45, 2.75) is 6.92 Å². The number of carbonyl (C=O) groups excluding carboxylic acids is 2. The van der Waals surface area contributed by atoms with E-state index < -0.39 is 24.3 Å². The summed E-state index contributed by atoms with van der Waals surface area (Å²) in [6.07, 6.45) is 0. The molecule has 0 spiro atoms. The van der Waals surface area contributed by atoms with Crippen LogP contribution in [0.4, 0.5) is 10.1 Å². The molecule has 0 heterocycles. The molecule has 5 nitrogen and oxygen atoms in total. The van der Waals surface area contributed by atoms with Crippen molar-refractivity contribution in [1.29, 1.82) is 0 Å². The fourth-order valence-electron chi connectivity index (χ4n) is 1.80. The van der Waals surface area contributed by atoms with Gasteiger partial charge in [0.15, 0.2) is 6.61 Å². The highest BCUT2D eigenvalue weighted by molar-refractivity contribution is 9.10. The summed E-state index contributed by atoms with van der Waals surface area (Å²) in [6, 6.07) is 8.59. The topological polar surface area (TPSA) is 75.6 Å². The average Bonchev–Trinajstić information content (AvgIpc) is 2.48. The molecule has 0 aliphatic carbocycles. The predicted octanol–water partition coefficient (Wildman–Crippen LogP) is 3.40. The highest BCUT2D eigenvalue weighted by Crippen LogP contribution is 2.20. The van der Waals surface area contributed by atoms with Crippen LogP contribution in [-0.4, -0.2) is 23.6 Å². The van der Waals surface area contributed by atoms with Crippen LogP contribution in [-0.2, 0) is 9.53 Å². The quantitative estimate of drug-likeness (QED) is 0.795. The Hall–Kier alpha value is -2.41. The van der Waals surface area contributed by atoms with Crippen LogP contribution in [0.25, 0.3) is 0 Å². The third-order valence-electron chi connectivity index (χ3n) is 2.91. The maximum Gasteiger partial charge on any atom is 0.342 e. The molecule has 120 valence electrons. The molecule has 0 radical (unpaired) electrons. The minimum absolute atomic E-state index is 0.0209. The SMILES string of the molecule is Cc1ccc(C(=O)OCC(=O)Nc2ccc(Br)cc2F)c(O)c1. The maximum atomic E-state index is 13.6. The predicted molar refractivity (Wildman–Crippen MR) is 85.9 cm³/mol. The highest BCUT2D eigenvalue weighted by atomic mass is 79.9. The van der Waals surface area contributed by atoms with Crippen LogP contribution < -0.4 is 5.32 Å². The molecule has 23 heavy (non-hydrogen) atoms. The van der Waals surface area contributed by atoms with Crippen LogP contribution in [0.2, 0.25) is 0 Å². The second-order valence-electron chi connectivity index (χ2n) is 4.77. The molecule has 0 saturated carbocycles. The van der Waals surface area contributed by atoms with Gasteiger partial charge in [-0.3, -0.25) is 4.79 Å². The number of nitrogens with one attached hydrogen (secondary N) is 1. The van der Waals surface area contributed by atoms with Crippen molar-refractivity contribution in [3.05, 3.63) is 57.8 Å². The average molecular weight is 382 g/mol. The van der Waals surface area contributed by atoms with Crippen molar-refractivity contribution in [3.63, 3.8) is 0 Å². The van der Waals surface area contributed by atoms with Gasteiger partial charge in [-0.1, -0.05) is 22.0 Å². The van der Waals surface area contributed by atoms with Gasteiger partial charge >= 0.3 is 5.97 Å². The zero-order valence-corrected chi connectivity index (χ0v) is 13.7. The lowest BCUT2D eigenvalue weighted by molar-refractivity contribution is -0.119. The van der Waals surface area contributed by atoms with E-state index in [0.29, 0.717) is 4.47 Å². The molecule has 0 aromatic heterocycles. The summed E-state index contributed by atoms with van der Waals surface area (Å²) in [4.78, 5) is 23.5. The number of phenolic OH excluding ortho intramolecular Hbond substituents is 1. The van der Waals surface area contributed by atoms with Gasteiger partial charge in [0.05, 0.1) is 5.69 Å². The Balaban J connectivity index is 1.94. The summed E-state index contributed by atoms with van der Waals surface area (Å²) in [5.41, 5.74) is 0.716. The van der Waals surface area contributed by atoms with Gasteiger partial charge in [0.2, 0.25) is 0 Å². The zero-order chi connectivity index (χ0) is 17.0. The summed E-state index contributed by atoms with van der Waals surface area (Å²) < 4.78 is 18.9. The number of aryl methyl sites for hydroxylation is 1. The van der Waals surface area contributed by atoms with Crippen molar-refractivity contribution in [1.82, 2.24) is 0 Å². The first-order valence-corrected chi connectivity index (χ1v) is 7.38. The number of amides is 1. The smallest absolute Gasteiger partial charge is 0.342 e. The molecule has 0 unspecified atom stereocenters. The summed E-state index contributed by atoms with van der Waals surface area (Å²) in [5, 5.41) is 12.0. The number of hydrogen-bond acceptors (Lipinski definition) is 4. The lowest BCUT2D eigenvalue weighted by Crippen LogP contribution is -2.21. The molecule has 1 amide bonds. The van der Waals surface area contributed by atoms with Gasteiger partial charge in [-0.25, -0.2) is 9.18 Å². The van der Waals surface area contributed by atoms with Gasteiger partial charge < -0.3 is 15.2 Å². The molecule has 2 aromatic carbocycles. The van der Waals surface area contributed by atoms with Crippen LogP contribution in [0, 0.1) is 12.7 Å². The fourth-order valence-corrected chi connectivity index (χ4v) is 2.13. The van der Waals surface area contributed by atoms with Crippen molar-refractivity contribution in [3.8, 4) is 5.75 Å². The van der Waals surface area contributed by atoms with Gasteiger partial charge in [-0.15, -0.1) is 0 Å². The van der Waals surface area contributed by atoms with Crippen molar-refractivity contribution < 1.29 is 23.8 Å². The number of phenols is 1. The number of esters is 1. The van der Waals surface area contributed by atoms with E-state index in [2.05, 4.69) is 21.2 Å². The lowest BCUT2D eigenvalue weighted by atomic mass is 10.1. The maximum absolute atomic E-state index is 13.6. The largest absolute Gasteiger partial charge is 0.507 e. The van der Waals surface area contributed by atoms with E-state index in [1.807, 2.05) is 0 Å². The summed E-state index contributed by atoms with van der Waals surface area (Å²) >= 11 is 3.10. The number of rotatable bonds is 4. The number of anilines is 1. The molecule has 7 heteroatoms. The minimum Gasteiger partial charge on any atom is -0.507 e. The standard InChI is InChI=1S/C16H13BrFNO4/c1-9-2-4-11(14(20)6-9)16(22)23-8-15(21)19-13-5-3-10(17)7-12(13)18/h2-7,20H,8H2,1H3,(H,19,21). The molecule has 2 N–H and O–H groups in total. The minimum atomic E-state index is -0.839. The Bertz CT molecular complexity index is 764. The Morgan fingerprint density at radius 2 is 2.00 bits per heavy atom. The van der Waals surface area contributed by atoms with Gasteiger partial charge in [-0.2, -0.15) is 0 Å². The Labute approximate surface area is 140 Å². The molecule has 0 aliphatic heterocycles. The highest BCUT2D eigenvalue weighted by Gasteiger charge is 2.15. The molecule has 0 atom stereocenters. The molecule has 0 saturated heterocycles. The van der Waals surface area contributed by atoms with Crippen molar-refractivity contribution in [2.24, 2.45) is 0 Å².